The molecule has 0 radical (unpaired) electrons. The minimum atomic E-state index is -0.934. The third-order valence-corrected chi connectivity index (χ3v) is 6.30. The van der Waals surface area contributed by atoms with E-state index in [1.165, 1.54) is 10.8 Å². The Morgan fingerprint density at radius 1 is 1.03 bits per heavy atom. The summed E-state index contributed by atoms with van der Waals surface area (Å²) >= 11 is 1.62. The lowest BCUT2D eigenvalue weighted by Crippen LogP contribution is -2.26. The topological polar surface area (TPSA) is 82.5 Å². The number of nitrogens with zero attached hydrogens (tertiary/aromatic N) is 2. The van der Waals surface area contributed by atoms with Gasteiger partial charge in [0.2, 0.25) is 0 Å². The fourth-order valence-corrected chi connectivity index (χ4v) is 4.47. The summed E-state index contributed by atoms with van der Waals surface area (Å²) in [7, 11) is 0. The molecule has 0 aliphatic carbocycles. The fourth-order valence-electron chi connectivity index (χ4n) is 3.57. The minimum absolute atomic E-state index is 0.0930. The van der Waals surface area contributed by atoms with Gasteiger partial charge in [-0.2, -0.15) is 0 Å². The SMILES string of the molecule is CCN(Cc1ccc(C(=O)NCCC(=O)O)cc1)c1nc(-c2ccc3ccccc3c2)cs1. The Balaban J connectivity index is 1.43. The number of carbonyl (C=O) groups is 2. The predicted molar refractivity (Wildman–Crippen MR) is 133 cm³/mol. The van der Waals surface area contributed by atoms with Crippen molar-refractivity contribution >= 4 is 39.1 Å². The van der Waals surface area contributed by atoms with Crippen LogP contribution < -0.4 is 10.2 Å². The molecule has 4 aromatic rings. The standard InChI is InChI=1S/C26H25N3O3S/c1-2-29(16-18-7-9-20(10-8-18)25(32)27-14-13-24(30)31)26-28-23(17-33-26)22-12-11-19-5-3-4-6-21(19)15-22/h3-12,15,17H,2,13-14,16H2,1H3,(H,27,32)(H,30,31). The van der Waals surface area contributed by atoms with Crippen LogP contribution in [-0.2, 0) is 11.3 Å². The van der Waals surface area contributed by atoms with Gasteiger partial charge >= 0.3 is 5.97 Å². The van der Waals surface area contributed by atoms with Gasteiger partial charge in [-0.15, -0.1) is 11.3 Å². The molecule has 3 aromatic carbocycles. The van der Waals surface area contributed by atoms with Crippen LogP contribution in [0.5, 0.6) is 0 Å². The van der Waals surface area contributed by atoms with Crippen molar-refractivity contribution in [2.45, 2.75) is 19.9 Å². The van der Waals surface area contributed by atoms with Gasteiger partial charge in [0.15, 0.2) is 5.13 Å². The van der Waals surface area contributed by atoms with Crippen LogP contribution in [0.15, 0.2) is 72.1 Å². The summed E-state index contributed by atoms with van der Waals surface area (Å²) in [4.78, 5) is 29.8. The first kappa shape index (κ1) is 22.5. The van der Waals surface area contributed by atoms with Crippen LogP contribution in [0.2, 0.25) is 0 Å². The fraction of sp³-hybridized carbons (Fsp3) is 0.192. The monoisotopic (exact) mass is 459 g/mol. The van der Waals surface area contributed by atoms with E-state index in [1.807, 2.05) is 24.3 Å². The summed E-state index contributed by atoms with van der Waals surface area (Å²) in [5.74, 6) is -1.20. The molecule has 1 amide bonds. The van der Waals surface area contributed by atoms with Gasteiger partial charge in [-0.05, 0) is 41.5 Å². The van der Waals surface area contributed by atoms with Gasteiger partial charge in [0.1, 0.15) is 0 Å². The van der Waals surface area contributed by atoms with E-state index in [-0.39, 0.29) is 18.9 Å². The summed E-state index contributed by atoms with van der Waals surface area (Å²) in [6, 6.07) is 22.1. The molecule has 0 aliphatic heterocycles. The van der Waals surface area contributed by atoms with E-state index >= 15 is 0 Å². The van der Waals surface area contributed by atoms with Crippen LogP contribution >= 0.6 is 11.3 Å². The Labute approximate surface area is 196 Å². The van der Waals surface area contributed by atoms with Crippen LogP contribution in [0, 0.1) is 0 Å². The lowest BCUT2D eigenvalue weighted by molar-refractivity contribution is -0.136. The molecule has 4 rings (SSSR count). The smallest absolute Gasteiger partial charge is 0.305 e. The van der Waals surface area contributed by atoms with Gasteiger partial charge in [0, 0.05) is 36.1 Å². The van der Waals surface area contributed by atoms with Crippen molar-refractivity contribution in [2.24, 2.45) is 0 Å². The maximum atomic E-state index is 12.1. The quantitative estimate of drug-likeness (QED) is 0.360. The number of nitrogens with one attached hydrogen (secondary N) is 1. The molecule has 0 unspecified atom stereocenters. The normalized spacial score (nSPS) is 10.8. The lowest BCUT2D eigenvalue weighted by atomic mass is 10.1. The number of hydrogen-bond acceptors (Lipinski definition) is 5. The third-order valence-electron chi connectivity index (χ3n) is 5.40. The Kier molecular flexibility index (Phi) is 7.00. The summed E-state index contributed by atoms with van der Waals surface area (Å²) in [6.07, 6.45) is -0.0930. The highest BCUT2D eigenvalue weighted by Crippen LogP contribution is 2.30. The average Bonchev–Trinajstić information content (AvgIpc) is 3.32. The Morgan fingerprint density at radius 3 is 2.52 bits per heavy atom. The number of thiazole rings is 1. The third kappa shape index (κ3) is 5.56. The highest BCUT2D eigenvalue weighted by atomic mass is 32.1. The van der Waals surface area contributed by atoms with Crippen molar-refractivity contribution in [1.29, 1.82) is 0 Å². The zero-order valence-corrected chi connectivity index (χ0v) is 19.1. The predicted octanol–water partition coefficient (Wildman–Crippen LogP) is 5.19. The number of aromatic nitrogens is 1. The summed E-state index contributed by atoms with van der Waals surface area (Å²) < 4.78 is 0. The highest BCUT2D eigenvalue weighted by molar-refractivity contribution is 7.14. The Bertz CT molecular complexity index is 1270. The molecule has 2 N–H and O–H groups in total. The van der Waals surface area contributed by atoms with E-state index in [2.05, 4.69) is 52.9 Å². The molecule has 1 aromatic heterocycles. The maximum Gasteiger partial charge on any atom is 0.305 e. The lowest BCUT2D eigenvalue weighted by Gasteiger charge is -2.20. The Hall–Kier alpha value is -3.71. The number of anilines is 1. The first-order chi connectivity index (χ1) is 16.0. The second-order valence-electron chi connectivity index (χ2n) is 7.69. The van der Waals surface area contributed by atoms with E-state index in [9.17, 15) is 9.59 Å². The number of carboxylic acids is 1. The molecule has 0 saturated heterocycles. The van der Waals surface area contributed by atoms with Crippen molar-refractivity contribution in [3.05, 3.63) is 83.2 Å². The molecule has 0 fully saturated rings. The van der Waals surface area contributed by atoms with Crippen molar-refractivity contribution in [3.8, 4) is 11.3 Å². The summed E-state index contributed by atoms with van der Waals surface area (Å²) in [5, 5.41) is 16.8. The van der Waals surface area contributed by atoms with Gasteiger partial charge < -0.3 is 15.3 Å². The van der Waals surface area contributed by atoms with E-state index in [0.717, 1.165) is 28.5 Å². The maximum absolute atomic E-state index is 12.1. The van der Waals surface area contributed by atoms with E-state index in [4.69, 9.17) is 10.1 Å². The zero-order chi connectivity index (χ0) is 23.2. The van der Waals surface area contributed by atoms with Crippen molar-refractivity contribution in [3.63, 3.8) is 0 Å². The second kappa shape index (κ2) is 10.3. The number of benzene rings is 3. The molecule has 33 heavy (non-hydrogen) atoms. The highest BCUT2D eigenvalue weighted by Gasteiger charge is 2.13. The number of rotatable bonds is 9. The molecular weight excluding hydrogens is 434 g/mol. The molecule has 0 bridgehead atoms. The number of aliphatic carboxylic acids is 1. The molecule has 0 spiro atoms. The first-order valence-electron chi connectivity index (χ1n) is 10.8. The van der Waals surface area contributed by atoms with Crippen LogP contribution in [0.25, 0.3) is 22.0 Å². The van der Waals surface area contributed by atoms with E-state index in [1.54, 1.807) is 23.5 Å². The molecule has 1 heterocycles. The number of amides is 1. The Morgan fingerprint density at radius 2 is 1.79 bits per heavy atom. The average molecular weight is 460 g/mol. The number of hydrogen-bond donors (Lipinski definition) is 2. The molecule has 7 heteroatoms. The summed E-state index contributed by atoms with van der Waals surface area (Å²) in [5.41, 5.74) is 3.65. The molecular formula is C26H25N3O3S. The van der Waals surface area contributed by atoms with Gasteiger partial charge in [-0.25, -0.2) is 4.98 Å². The first-order valence-corrected chi connectivity index (χ1v) is 11.7. The van der Waals surface area contributed by atoms with Gasteiger partial charge in [-0.1, -0.05) is 48.5 Å². The largest absolute Gasteiger partial charge is 0.481 e. The van der Waals surface area contributed by atoms with Gasteiger partial charge in [-0.3, -0.25) is 9.59 Å². The van der Waals surface area contributed by atoms with Crippen molar-refractivity contribution in [1.82, 2.24) is 10.3 Å². The number of fused-ring (bicyclic) bond motifs is 1. The summed E-state index contributed by atoms with van der Waals surface area (Å²) in [6.45, 7) is 3.70. The van der Waals surface area contributed by atoms with Crippen molar-refractivity contribution < 1.29 is 14.7 Å². The molecule has 168 valence electrons. The van der Waals surface area contributed by atoms with Crippen LogP contribution in [0.3, 0.4) is 0 Å². The molecule has 6 nitrogen and oxygen atoms in total. The van der Waals surface area contributed by atoms with Crippen LogP contribution in [0.4, 0.5) is 5.13 Å². The minimum Gasteiger partial charge on any atom is -0.481 e. The second-order valence-corrected chi connectivity index (χ2v) is 8.52. The van der Waals surface area contributed by atoms with Crippen LogP contribution in [-0.4, -0.2) is 35.1 Å². The van der Waals surface area contributed by atoms with Crippen molar-refractivity contribution in [2.75, 3.05) is 18.0 Å². The molecule has 0 aliphatic rings. The van der Waals surface area contributed by atoms with E-state index < -0.39 is 5.97 Å². The van der Waals surface area contributed by atoms with Gasteiger partial charge in [0.25, 0.3) is 5.91 Å². The number of carbonyl (C=O) groups excluding carboxylic acids is 1. The molecule has 0 atom stereocenters. The van der Waals surface area contributed by atoms with Gasteiger partial charge in [0.05, 0.1) is 12.1 Å². The zero-order valence-electron chi connectivity index (χ0n) is 18.3. The molecule has 0 saturated carbocycles. The number of carboxylic acid groups (broad SMARTS) is 1. The van der Waals surface area contributed by atoms with Crippen LogP contribution in [0.1, 0.15) is 29.3 Å². The van der Waals surface area contributed by atoms with E-state index in [0.29, 0.717) is 12.1 Å².